The summed E-state index contributed by atoms with van der Waals surface area (Å²) in [6.07, 6.45) is 1.50. The highest BCUT2D eigenvalue weighted by molar-refractivity contribution is 7.90. The maximum Gasteiger partial charge on any atom is 0.333 e. The third kappa shape index (κ3) is 6.27. The third-order valence-electron chi connectivity index (χ3n) is 4.86. The highest BCUT2D eigenvalue weighted by atomic mass is 32.2. The number of rotatable bonds is 8. The SMILES string of the molecule is COC(C)(C)Cn1ccc(S(=O)(=O)NC(=O)Nc2c(C(C)C)cc(F)cc2C(C)C)n1. The maximum atomic E-state index is 14.1. The average molecular weight is 455 g/mol. The van der Waals surface area contributed by atoms with Gasteiger partial charge in [-0.25, -0.2) is 13.9 Å². The molecule has 2 amide bonds. The van der Waals surface area contributed by atoms with E-state index in [-0.39, 0.29) is 16.9 Å². The fraction of sp³-hybridized carbons (Fsp3) is 0.524. The Morgan fingerprint density at radius 3 is 2.23 bits per heavy atom. The molecule has 0 aliphatic heterocycles. The minimum Gasteiger partial charge on any atom is -0.377 e. The van der Waals surface area contributed by atoms with Crippen LogP contribution in [0.3, 0.4) is 0 Å². The number of sulfonamides is 1. The van der Waals surface area contributed by atoms with Crippen LogP contribution in [0.2, 0.25) is 0 Å². The van der Waals surface area contributed by atoms with Crippen LogP contribution in [-0.4, -0.2) is 36.9 Å². The molecule has 0 unspecified atom stereocenters. The summed E-state index contributed by atoms with van der Waals surface area (Å²) in [6, 6.07) is 3.06. The normalized spacial score (nSPS) is 12.5. The first-order valence-electron chi connectivity index (χ1n) is 10.0. The van der Waals surface area contributed by atoms with Gasteiger partial charge in [0.2, 0.25) is 0 Å². The van der Waals surface area contributed by atoms with Gasteiger partial charge in [-0.05, 0) is 55.0 Å². The van der Waals surface area contributed by atoms with E-state index in [0.717, 1.165) is 0 Å². The van der Waals surface area contributed by atoms with Gasteiger partial charge >= 0.3 is 6.03 Å². The molecular weight excluding hydrogens is 423 g/mol. The van der Waals surface area contributed by atoms with Crippen molar-refractivity contribution in [3.8, 4) is 0 Å². The van der Waals surface area contributed by atoms with Gasteiger partial charge in [-0.2, -0.15) is 13.5 Å². The van der Waals surface area contributed by atoms with Crippen molar-refractivity contribution in [2.45, 2.75) is 70.6 Å². The number of carbonyl (C=O) groups is 1. The third-order valence-corrected chi connectivity index (χ3v) is 6.08. The summed E-state index contributed by atoms with van der Waals surface area (Å²) in [5.41, 5.74) is 1.04. The number of halogens is 1. The second kappa shape index (κ2) is 9.35. The van der Waals surface area contributed by atoms with Crippen molar-refractivity contribution in [3.05, 3.63) is 41.3 Å². The van der Waals surface area contributed by atoms with E-state index in [1.54, 1.807) is 7.11 Å². The molecule has 0 atom stereocenters. The molecule has 0 saturated heterocycles. The van der Waals surface area contributed by atoms with Crippen LogP contribution in [0.15, 0.2) is 29.4 Å². The number of methoxy groups -OCH3 is 1. The van der Waals surface area contributed by atoms with Crippen molar-refractivity contribution in [3.63, 3.8) is 0 Å². The number of hydrogen-bond acceptors (Lipinski definition) is 5. The highest BCUT2D eigenvalue weighted by Crippen LogP contribution is 2.33. The Balaban J connectivity index is 2.26. The average Bonchev–Trinajstić information content (AvgIpc) is 3.10. The number of amides is 2. The lowest BCUT2D eigenvalue weighted by Crippen LogP contribution is -2.35. The molecule has 0 fully saturated rings. The lowest BCUT2D eigenvalue weighted by Gasteiger charge is -2.22. The number of benzene rings is 1. The van der Waals surface area contributed by atoms with Crippen molar-refractivity contribution < 1.29 is 22.3 Å². The van der Waals surface area contributed by atoms with Crippen LogP contribution >= 0.6 is 0 Å². The lowest BCUT2D eigenvalue weighted by molar-refractivity contribution is 0.00515. The summed E-state index contributed by atoms with van der Waals surface area (Å²) in [5.74, 6) is -0.574. The first kappa shape index (κ1) is 24.8. The molecule has 172 valence electrons. The second-order valence-electron chi connectivity index (χ2n) is 8.64. The molecule has 31 heavy (non-hydrogen) atoms. The van der Waals surface area contributed by atoms with Crippen LogP contribution in [0, 0.1) is 5.82 Å². The summed E-state index contributed by atoms with van der Waals surface area (Å²) < 4.78 is 48.1. The van der Waals surface area contributed by atoms with Crippen LogP contribution in [0.4, 0.5) is 14.9 Å². The Labute approximate surface area is 183 Å². The van der Waals surface area contributed by atoms with E-state index >= 15 is 0 Å². The lowest BCUT2D eigenvalue weighted by atomic mass is 9.92. The molecular formula is C21H31FN4O4S. The predicted molar refractivity (Wildman–Crippen MR) is 117 cm³/mol. The van der Waals surface area contributed by atoms with Crippen molar-refractivity contribution in [2.75, 3.05) is 12.4 Å². The van der Waals surface area contributed by atoms with Crippen molar-refractivity contribution >= 4 is 21.7 Å². The van der Waals surface area contributed by atoms with Gasteiger partial charge in [0.25, 0.3) is 10.0 Å². The van der Waals surface area contributed by atoms with Crippen molar-refractivity contribution in [1.82, 2.24) is 14.5 Å². The Morgan fingerprint density at radius 2 is 1.74 bits per heavy atom. The molecule has 1 heterocycles. The molecule has 0 saturated carbocycles. The van der Waals surface area contributed by atoms with Crippen LogP contribution < -0.4 is 10.0 Å². The number of urea groups is 1. The Kier molecular flexibility index (Phi) is 7.48. The van der Waals surface area contributed by atoms with E-state index < -0.39 is 27.5 Å². The molecule has 1 aromatic heterocycles. The molecule has 1 aromatic carbocycles. The predicted octanol–water partition coefficient (Wildman–Crippen LogP) is 4.20. The number of hydrogen-bond donors (Lipinski definition) is 2. The molecule has 0 radical (unpaired) electrons. The van der Waals surface area contributed by atoms with Crippen LogP contribution in [-0.2, 0) is 21.3 Å². The topological polar surface area (TPSA) is 102 Å². The largest absolute Gasteiger partial charge is 0.377 e. The van der Waals surface area contributed by atoms with Gasteiger partial charge in [-0.1, -0.05) is 27.7 Å². The minimum atomic E-state index is -4.20. The molecule has 8 nitrogen and oxygen atoms in total. The molecule has 0 spiro atoms. The Bertz CT molecular complexity index is 1020. The van der Waals surface area contributed by atoms with Gasteiger partial charge in [0.1, 0.15) is 5.82 Å². The summed E-state index contributed by atoms with van der Waals surface area (Å²) >= 11 is 0. The van der Waals surface area contributed by atoms with Gasteiger partial charge < -0.3 is 10.1 Å². The number of anilines is 1. The second-order valence-corrected chi connectivity index (χ2v) is 10.3. The minimum absolute atomic E-state index is 0.0834. The zero-order valence-electron chi connectivity index (χ0n) is 19.0. The number of ether oxygens (including phenoxy) is 1. The zero-order valence-corrected chi connectivity index (χ0v) is 19.8. The molecule has 0 bridgehead atoms. The summed E-state index contributed by atoms with van der Waals surface area (Å²) in [7, 11) is -2.65. The van der Waals surface area contributed by atoms with Gasteiger partial charge in [-0.15, -0.1) is 0 Å². The van der Waals surface area contributed by atoms with Crippen LogP contribution in [0.5, 0.6) is 0 Å². The fourth-order valence-corrected chi connectivity index (χ4v) is 3.90. The van der Waals surface area contributed by atoms with Gasteiger partial charge in [0.15, 0.2) is 5.03 Å². The molecule has 0 aliphatic carbocycles. The Morgan fingerprint density at radius 1 is 1.19 bits per heavy atom. The fourth-order valence-electron chi connectivity index (χ4n) is 3.05. The molecule has 2 aromatic rings. The van der Waals surface area contributed by atoms with E-state index in [2.05, 4.69) is 10.4 Å². The molecule has 10 heteroatoms. The smallest absolute Gasteiger partial charge is 0.333 e. The van der Waals surface area contributed by atoms with Gasteiger partial charge in [0.05, 0.1) is 12.1 Å². The molecule has 2 rings (SSSR count). The zero-order chi connectivity index (χ0) is 23.6. The summed E-state index contributed by atoms with van der Waals surface area (Å²) in [6.45, 7) is 11.5. The maximum absolute atomic E-state index is 14.1. The van der Waals surface area contributed by atoms with E-state index in [1.807, 2.05) is 46.3 Å². The van der Waals surface area contributed by atoms with Crippen LogP contribution in [0.1, 0.15) is 64.5 Å². The first-order valence-corrected chi connectivity index (χ1v) is 11.5. The summed E-state index contributed by atoms with van der Waals surface area (Å²) in [5, 5.41) is 6.34. The Hall–Kier alpha value is -2.46. The van der Waals surface area contributed by atoms with E-state index in [1.165, 1.54) is 29.1 Å². The number of nitrogens with one attached hydrogen (secondary N) is 2. The van der Waals surface area contributed by atoms with Crippen molar-refractivity contribution in [2.24, 2.45) is 0 Å². The van der Waals surface area contributed by atoms with E-state index in [9.17, 15) is 17.6 Å². The quantitative estimate of drug-likeness (QED) is 0.622. The molecule has 0 aliphatic rings. The number of aromatic nitrogens is 2. The molecule has 2 N–H and O–H groups in total. The van der Waals surface area contributed by atoms with E-state index in [0.29, 0.717) is 23.4 Å². The van der Waals surface area contributed by atoms with Crippen molar-refractivity contribution in [1.29, 1.82) is 0 Å². The van der Waals surface area contributed by atoms with Gasteiger partial charge in [-0.3, -0.25) is 4.68 Å². The first-order chi connectivity index (χ1) is 14.3. The standard InChI is InChI=1S/C21H31FN4O4S/c1-13(2)16-10-15(22)11-17(14(3)4)19(16)23-20(27)25-31(28,29)18-8-9-26(24-18)12-21(5,6)30-7/h8-11,13-14H,12H2,1-7H3,(H2,23,25,27). The summed E-state index contributed by atoms with van der Waals surface area (Å²) in [4.78, 5) is 12.6. The van der Waals surface area contributed by atoms with Crippen LogP contribution in [0.25, 0.3) is 0 Å². The highest BCUT2D eigenvalue weighted by Gasteiger charge is 2.25. The number of carbonyl (C=O) groups excluding carboxylic acids is 1. The van der Waals surface area contributed by atoms with Gasteiger partial charge in [0, 0.05) is 19.0 Å². The monoisotopic (exact) mass is 454 g/mol. The number of nitrogens with zero attached hydrogens (tertiary/aromatic N) is 2. The van der Waals surface area contributed by atoms with E-state index in [4.69, 9.17) is 4.74 Å².